The van der Waals surface area contributed by atoms with E-state index >= 15 is 0 Å². The number of hydrogen-bond donors (Lipinski definition) is 0. The average molecular weight is 409 g/mol. The van der Waals surface area contributed by atoms with Crippen molar-refractivity contribution in [2.75, 3.05) is 0 Å². The molecule has 0 aliphatic carbocycles. The van der Waals surface area contributed by atoms with Crippen LogP contribution in [-0.4, -0.2) is 18.4 Å². The van der Waals surface area contributed by atoms with E-state index in [1.165, 1.54) is 11.3 Å². The van der Waals surface area contributed by atoms with Crippen molar-refractivity contribution in [1.82, 2.24) is 9.97 Å². The van der Waals surface area contributed by atoms with Crippen molar-refractivity contribution in [2.24, 2.45) is 0 Å². The van der Waals surface area contributed by atoms with Crippen LogP contribution in [0.15, 0.2) is 77.6 Å². The van der Waals surface area contributed by atoms with Crippen LogP contribution in [0.25, 0.3) is 20.8 Å². The summed E-state index contributed by atoms with van der Waals surface area (Å²) in [5.74, 6) is -0.209. The van der Waals surface area contributed by atoms with E-state index in [0.717, 1.165) is 10.3 Å². The molecule has 4 aromatic rings. The maximum atomic E-state index is 12.5. The summed E-state index contributed by atoms with van der Waals surface area (Å²) in [5.41, 5.74) is 1.37. The number of sulfone groups is 1. The number of hydrogen-bond acceptors (Lipinski definition) is 6. The smallest absolute Gasteiger partial charge is 0.267 e. The third kappa shape index (κ3) is 4.16. The van der Waals surface area contributed by atoms with Crippen LogP contribution in [0.4, 0.5) is 0 Å². The first-order valence-corrected chi connectivity index (χ1v) is 11.2. The van der Waals surface area contributed by atoms with Gasteiger partial charge in [-0.2, -0.15) is 4.98 Å². The first-order valence-electron chi connectivity index (χ1n) is 8.61. The minimum Gasteiger partial charge on any atom is -0.267 e. The van der Waals surface area contributed by atoms with Gasteiger partial charge in [0, 0.05) is 4.70 Å². The molecule has 0 saturated carbocycles. The third-order valence-electron chi connectivity index (χ3n) is 4.15. The molecule has 7 heteroatoms. The van der Waals surface area contributed by atoms with E-state index in [9.17, 15) is 13.2 Å². The summed E-state index contributed by atoms with van der Waals surface area (Å²) in [5, 5.41) is 1.05. The Bertz CT molecular complexity index is 1300. The molecule has 5 nitrogen and oxygen atoms in total. The molecule has 140 valence electrons. The lowest BCUT2D eigenvalue weighted by Gasteiger charge is -2.06. The zero-order valence-corrected chi connectivity index (χ0v) is 16.4. The van der Waals surface area contributed by atoms with Gasteiger partial charge in [0.1, 0.15) is 5.01 Å². The van der Waals surface area contributed by atoms with Crippen LogP contribution in [0.1, 0.15) is 11.3 Å². The van der Waals surface area contributed by atoms with E-state index in [-0.39, 0.29) is 17.1 Å². The van der Waals surface area contributed by atoms with Crippen LogP contribution in [0, 0.1) is 0 Å². The molecule has 4 rings (SSSR count). The van der Waals surface area contributed by atoms with Gasteiger partial charge in [0.25, 0.3) is 5.56 Å². The monoisotopic (exact) mass is 408 g/mol. The molecule has 0 unspecified atom stereocenters. The number of benzene rings is 2. The normalized spacial score (nSPS) is 11.6. The highest BCUT2D eigenvalue weighted by atomic mass is 32.2. The van der Waals surface area contributed by atoms with Crippen LogP contribution in [-0.2, 0) is 21.3 Å². The number of nitrogens with zero attached hydrogens (tertiary/aromatic N) is 2. The fraction of sp³-hybridized carbons (Fsp3) is 0.0952. The number of rotatable bonds is 5. The highest BCUT2D eigenvalue weighted by Crippen LogP contribution is 2.25. The fourth-order valence-corrected chi connectivity index (χ4v) is 5.29. The Hall–Kier alpha value is -2.90. The molecule has 0 spiro atoms. The summed E-state index contributed by atoms with van der Waals surface area (Å²) in [6.07, 6.45) is 0. The van der Waals surface area contributed by atoms with Crippen molar-refractivity contribution in [1.29, 1.82) is 0 Å². The summed E-state index contributed by atoms with van der Waals surface area (Å²) in [6.45, 7) is 0. The predicted molar refractivity (Wildman–Crippen MR) is 112 cm³/mol. The molecule has 2 aromatic heterocycles. The Labute approximate surface area is 166 Å². The molecule has 0 amide bonds. The van der Waals surface area contributed by atoms with E-state index in [0.29, 0.717) is 21.8 Å². The van der Waals surface area contributed by atoms with Gasteiger partial charge in [0.2, 0.25) is 0 Å². The van der Waals surface area contributed by atoms with Gasteiger partial charge in [-0.05, 0) is 29.8 Å². The zero-order valence-electron chi connectivity index (χ0n) is 14.8. The van der Waals surface area contributed by atoms with Crippen LogP contribution in [0.2, 0.25) is 0 Å². The molecular weight excluding hydrogens is 392 g/mol. The molecule has 0 aliphatic rings. The molecule has 0 N–H and O–H groups in total. The Morgan fingerprint density at radius 3 is 2.36 bits per heavy atom. The molecule has 28 heavy (non-hydrogen) atoms. The second-order valence-electron chi connectivity index (χ2n) is 6.35. The Balaban J connectivity index is 1.64. The van der Waals surface area contributed by atoms with Crippen molar-refractivity contribution >= 4 is 31.3 Å². The fourth-order valence-electron chi connectivity index (χ4n) is 2.90. The van der Waals surface area contributed by atoms with Gasteiger partial charge in [-0.15, -0.1) is 11.3 Å². The molecule has 2 aromatic carbocycles. The van der Waals surface area contributed by atoms with Gasteiger partial charge in [-0.1, -0.05) is 48.5 Å². The second kappa shape index (κ2) is 7.61. The van der Waals surface area contributed by atoms with Crippen LogP contribution >= 0.6 is 11.3 Å². The van der Waals surface area contributed by atoms with Gasteiger partial charge >= 0.3 is 0 Å². The molecule has 0 atom stereocenters. The Morgan fingerprint density at radius 1 is 0.786 bits per heavy atom. The SMILES string of the molecule is O=c1nc(-c2cccc(CS(=O)(=O)Cc3ccccc3)n2)sc2ccccc12. The van der Waals surface area contributed by atoms with E-state index in [2.05, 4.69) is 9.97 Å². The highest BCUT2D eigenvalue weighted by molar-refractivity contribution is 7.89. The van der Waals surface area contributed by atoms with Crippen molar-refractivity contribution in [2.45, 2.75) is 11.5 Å². The average Bonchev–Trinajstić information content (AvgIpc) is 2.68. The number of fused-ring (bicyclic) bond motifs is 1. The number of pyridine rings is 1. The lowest BCUT2D eigenvalue weighted by Crippen LogP contribution is -2.10. The maximum Gasteiger partial charge on any atom is 0.279 e. The van der Waals surface area contributed by atoms with E-state index in [4.69, 9.17) is 0 Å². The Morgan fingerprint density at radius 2 is 1.54 bits per heavy atom. The van der Waals surface area contributed by atoms with Crippen LogP contribution in [0.5, 0.6) is 0 Å². The third-order valence-corrected chi connectivity index (χ3v) is 6.73. The van der Waals surface area contributed by atoms with E-state index in [1.54, 1.807) is 42.5 Å². The maximum absolute atomic E-state index is 12.5. The van der Waals surface area contributed by atoms with Crippen molar-refractivity contribution in [3.8, 4) is 10.7 Å². The van der Waals surface area contributed by atoms with Crippen LogP contribution < -0.4 is 5.56 Å². The van der Waals surface area contributed by atoms with Crippen LogP contribution in [0.3, 0.4) is 0 Å². The first-order chi connectivity index (χ1) is 13.5. The summed E-state index contributed by atoms with van der Waals surface area (Å²) in [6, 6.07) is 21.5. The largest absolute Gasteiger partial charge is 0.279 e. The van der Waals surface area contributed by atoms with Gasteiger partial charge in [0.05, 0.1) is 28.3 Å². The van der Waals surface area contributed by atoms with Gasteiger partial charge < -0.3 is 0 Å². The molecule has 0 saturated heterocycles. The molecule has 0 fully saturated rings. The van der Waals surface area contributed by atoms with Gasteiger partial charge in [-0.3, -0.25) is 4.79 Å². The van der Waals surface area contributed by atoms with Crippen molar-refractivity contribution in [3.63, 3.8) is 0 Å². The summed E-state index contributed by atoms with van der Waals surface area (Å²) < 4.78 is 25.9. The summed E-state index contributed by atoms with van der Waals surface area (Å²) in [4.78, 5) is 20.8. The molecular formula is C21H16N2O3S2. The van der Waals surface area contributed by atoms with Gasteiger partial charge in [-0.25, -0.2) is 13.4 Å². The topological polar surface area (TPSA) is 77.0 Å². The quantitative estimate of drug-likeness (QED) is 0.501. The molecule has 0 radical (unpaired) electrons. The van der Waals surface area contributed by atoms with Crippen molar-refractivity contribution < 1.29 is 8.42 Å². The minimum atomic E-state index is -3.37. The predicted octanol–water partition coefficient (Wildman–Crippen LogP) is 3.83. The second-order valence-corrected chi connectivity index (χ2v) is 9.45. The molecule has 2 heterocycles. The molecule has 0 bridgehead atoms. The first kappa shape index (κ1) is 18.5. The van der Waals surface area contributed by atoms with E-state index in [1.807, 2.05) is 30.3 Å². The minimum absolute atomic E-state index is 0.0404. The standard InChI is InChI=1S/C21H16N2O3S2/c24-20-17-10-4-5-12-19(17)27-21(23-20)18-11-6-9-16(22-18)14-28(25,26)13-15-7-2-1-3-8-15/h1-12H,13-14H2. The Kier molecular flexibility index (Phi) is 5.02. The summed E-state index contributed by atoms with van der Waals surface area (Å²) in [7, 11) is -3.37. The van der Waals surface area contributed by atoms with E-state index < -0.39 is 9.84 Å². The highest BCUT2D eigenvalue weighted by Gasteiger charge is 2.15. The lowest BCUT2D eigenvalue weighted by atomic mass is 10.2. The van der Waals surface area contributed by atoms with Gasteiger partial charge in [0.15, 0.2) is 9.84 Å². The zero-order chi connectivity index (χ0) is 19.6. The summed E-state index contributed by atoms with van der Waals surface area (Å²) >= 11 is 1.36. The molecule has 0 aliphatic heterocycles. The van der Waals surface area contributed by atoms with Crippen molar-refractivity contribution in [3.05, 3.63) is 94.4 Å². The number of aromatic nitrogens is 2. The lowest BCUT2D eigenvalue weighted by molar-refractivity contribution is 0.594.